The number of benzene rings is 1. The molecule has 3 heterocycles. The molecule has 0 saturated carbocycles. The molecular formula is C64H112O19. The van der Waals surface area contributed by atoms with Gasteiger partial charge in [-0.3, -0.25) is 28.8 Å². The topological polar surface area (TPSA) is 268 Å². The molecule has 0 aliphatic carbocycles. The van der Waals surface area contributed by atoms with Crippen LogP contribution < -0.4 is 0 Å². The summed E-state index contributed by atoms with van der Waals surface area (Å²) < 4.78 is 39.9. The fourth-order valence-electron chi connectivity index (χ4n) is 7.28. The fraction of sp³-hybridized carbons (Fsp3) is 0.781. The highest BCUT2D eigenvalue weighted by atomic mass is 16.6. The maximum atomic E-state index is 11.7. The smallest absolute Gasteiger partial charge is 0.373 e. The molecule has 4 rings (SSSR count). The average molecular weight is 1190 g/mol. The largest absolute Gasteiger partial charge is 0.481 e. The summed E-state index contributed by atoms with van der Waals surface area (Å²) in [4.78, 5) is 99.2. The van der Waals surface area contributed by atoms with Crippen molar-refractivity contribution in [1.29, 1.82) is 0 Å². The van der Waals surface area contributed by atoms with E-state index in [1.54, 1.807) is 13.8 Å². The van der Waals surface area contributed by atoms with Crippen molar-refractivity contribution >= 4 is 48.1 Å². The van der Waals surface area contributed by atoms with Crippen molar-refractivity contribution < 1.29 is 90.9 Å². The molecule has 19 heteroatoms. The first-order valence-corrected chi connectivity index (χ1v) is 28.6. The molecule has 19 nitrogen and oxygen atoms in total. The Hall–Kier alpha value is -5.32. The molecule has 3 saturated heterocycles. The highest BCUT2D eigenvalue weighted by Crippen LogP contribution is 2.43. The minimum atomic E-state index is -0.722. The van der Waals surface area contributed by atoms with Gasteiger partial charge >= 0.3 is 48.1 Å². The molecule has 0 aromatic heterocycles. The van der Waals surface area contributed by atoms with Crippen LogP contribution in [-0.2, 0) is 91.3 Å². The van der Waals surface area contributed by atoms with E-state index in [-0.39, 0.29) is 75.3 Å². The second kappa shape index (κ2) is 41.7. The summed E-state index contributed by atoms with van der Waals surface area (Å²) in [6, 6.07) is 10.7. The zero-order valence-corrected chi connectivity index (χ0v) is 55.9. The van der Waals surface area contributed by atoms with E-state index >= 15 is 0 Å². The van der Waals surface area contributed by atoms with Crippen molar-refractivity contribution in [3.05, 3.63) is 35.9 Å². The third kappa shape index (κ3) is 35.5. The maximum absolute atomic E-state index is 11.7. The summed E-state index contributed by atoms with van der Waals surface area (Å²) in [6.07, 6.45) is 8.25. The second-order valence-electron chi connectivity index (χ2n) is 25.5. The molecule has 0 spiro atoms. The summed E-state index contributed by atoms with van der Waals surface area (Å²) in [6.45, 7) is 45.4. The van der Waals surface area contributed by atoms with E-state index in [1.807, 2.05) is 83.1 Å². The van der Waals surface area contributed by atoms with Crippen LogP contribution in [-0.4, -0.2) is 127 Å². The van der Waals surface area contributed by atoms with Crippen LogP contribution >= 0.6 is 0 Å². The Balaban J connectivity index is -0.000000283. The molecule has 3 aliphatic rings. The van der Waals surface area contributed by atoms with Gasteiger partial charge in [-0.05, 0) is 135 Å². The highest BCUT2D eigenvalue weighted by molar-refractivity contribution is 5.78. The van der Waals surface area contributed by atoms with Gasteiger partial charge in [-0.1, -0.05) is 120 Å². The Morgan fingerprint density at radius 2 is 0.831 bits per heavy atom. The third-order valence-corrected chi connectivity index (χ3v) is 15.4. The number of carboxylic acid groups (broad SMARTS) is 1. The van der Waals surface area contributed by atoms with E-state index in [1.165, 1.54) is 40.4 Å². The van der Waals surface area contributed by atoms with Gasteiger partial charge in [-0.2, -0.15) is 19.2 Å². The molecule has 3 fully saturated rings. The number of carbonyl (C=O) groups excluding carboxylic acids is 9. The predicted octanol–water partition coefficient (Wildman–Crippen LogP) is 12.3. The number of hydrogen-bond donors (Lipinski definition) is 1. The van der Waals surface area contributed by atoms with Crippen LogP contribution in [0.15, 0.2) is 30.3 Å². The summed E-state index contributed by atoms with van der Waals surface area (Å²) in [5.41, 5.74) is -0.445. The van der Waals surface area contributed by atoms with Gasteiger partial charge in [0, 0.05) is 0 Å². The lowest BCUT2D eigenvalue weighted by molar-refractivity contribution is -0.193. The number of rotatable bonds is 16. The number of esters is 5. The van der Waals surface area contributed by atoms with Gasteiger partial charge in [0.2, 0.25) is 0 Å². The molecule has 0 amide bonds. The minimum absolute atomic E-state index is 0.0719. The SMILES string of the molecule is CCC(C)(C)C(=O)O.CCC(C)(C)C(=O)OC.CCC(C)(C)C(=O)OC.CCC(C)(C)C(=O)OCC1CO1.CCC(C)(C)c1ccccc1.CCC1(C(=O)OC)COCC(C)(C)C1.CCC1(C(=O)OC)COCC(C)(C)C1.O=C=O.O=C=O. The number of epoxide rings is 1. The van der Waals surface area contributed by atoms with E-state index in [0.29, 0.717) is 31.7 Å². The zero-order chi connectivity index (χ0) is 66.3. The Kier molecular flexibility index (Phi) is 43.4. The molecule has 3 unspecified atom stereocenters. The van der Waals surface area contributed by atoms with Crippen molar-refractivity contribution in [3.63, 3.8) is 0 Å². The number of aliphatic carboxylic acids is 1. The molecule has 1 N–H and O–H groups in total. The number of carboxylic acids is 1. The predicted molar refractivity (Wildman–Crippen MR) is 316 cm³/mol. The first-order chi connectivity index (χ1) is 38.1. The van der Waals surface area contributed by atoms with Crippen LogP contribution in [0.1, 0.15) is 209 Å². The number of carbonyl (C=O) groups is 6. The average Bonchev–Trinajstić information content (AvgIpc) is 4.29. The van der Waals surface area contributed by atoms with Gasteiger partial charge in [0.25, 0.3) is 0 Å². The van der Waals surface area contributed by atoms with E-state index in [9.17, 15) is 28.8 Å². The first-order valence-electron chi connectivity index (χ1n) is 28.6. The van der Waals surface area contributed by atoms with Gasteiger partial charge in [-0.15, -0.1) is 0 Å². The Bertz CT molecular complexity index is 1980. The molecule has 3 atom stereocenters. The lowest BCUT2D eigenvalue weighted by Gasteiger charge is -2.42. The van der Waals surface area contributed by atoms with E-state index in [2.05, 4.69) is 88.3 Å². The van der Waals surface area contributed by atoms with Gasteiger partial charge < -0.3 is 43.0 Å². The molecular weight excluding hydrogens is 1070 g/mol. The van der Waals surface area contributed by atoms with Crippen LogP contribution in [0, 0.1) is 43.3 Å². The normalized spacial score (nSPS) is 18.9. The Morgan fingerprint density at radius 1 is 0.518 bits per heavy atom. The second-order valence-corrected chi connectivity index (χ2v) is 25.5. The van der Waals surface area contributed by atoms with Gasteiger partial charge in [0.1, 0.15) is 12.7 Å². The van der Waals surface area contributed by atoms with Gasteiger partial charge in [0.15, 0.2) is 0 Å². The minimum Gasteiger partial charge on any atom is -0.481 e. The van der Waals surface area contributed by atoms with Crippen molar-refractivity contribution in [3.8, 4) is 0 Å². The van der Waals surface area contributed by atoms with E-state index in [4.69, 9.17) is 52.7 Å². The lowest BCUT2D eigenvalue weighted by Crippen LogP contribution is -2.46. The zero-order valence-electron chi connectivity index (χ0n) is 55.9. The Labute approximate surface area is 499 Å². The molecule has 83 heavy (non-hydrogen) atoms. The third-order valence-electron chi connectivity index (χ3n) is 15.4. The van der Waals surface area contributed by atoms with Crippen LogP contribution in [0.25, 0.3) is 0 Å². The van der Waals surface area contributed by atoms with Crippen LogP contribution in [0.2, 0.25) is 0 Å². The molecule has 0 radical (unpaired) electrons. The van der Waals surface area contributed by atoms with Crippen molar-refractivity contribution in [1.82, 2.24) is 0 Å². The molecule has 482 valence electrons. The quantitative estimate of drug-likeness (QED) is 0.0915. The summed E-state index contributed by atoms with van der Waals surface area (Å²) in [5.74, 6) is -1.38. The molecule has 0 bridgehead atoms. The van der Waals surface area contributed by atoms with Gasteiger partial charge in [-0.25, -0.2) is 0 Å². The fourth-order valence-corrected chi connectivity index (χ4v) is 7.28. The number of ether oxygens (including phenoxy) is 8. The molecule has 1 aromatic rings. The maximum Gasteiger partial charge on any atom is 0.373 e. The standard InChI is InChI=1S/2C11H20O3.C11H16.C9H16O3.2C7H14O2.C6H12O2.2CO2/c2*1-5-11(9(12)13-4)6-10(2,3)7-14-8-11;1-4-11(2,3)10-8-6-5-7-9-10;1-4-9(2,3)8(10)12-6-7-5-11-7;2*1-5-7(2,3)6(8)9-4;1-4-6(2,3)5(7)8;2*2-1-3/h2*5-8H2,1-4H3;5-9H,4H2,1-3H3;7H,4-6H2,1-3H3;2*5H2,1-4H3;4H2,1-3H3,(H,7,8);;. The van der Waals surface area contributed by atoms with Crippen molar-refractivity contribution in [2.75, 3.05) is 68.1 Å². The number of methoxy groups -OCH3 is 4. The van der Waals surface area contributed by atoms with Crippen LogP contribution in [0.4, 0.5) is 0 Å². The van der Waals surface area contributed by atoms with E-state index in [0.717, 1.165) is 64.8 Å². The van der Waals surface area contributed by atoms with Crippen molar-refractivity contribution in [2.24, 2.45) is 43.3 Å². The molecule has 3 aliphatic heterocycles. The van der Waals surface area contributed by atoms with Crippen LogP contribution in [0.5, 0.6) is 0 Å². The van der Waals surface area contributed by atoms with Crippen LogP contribution in [0.3, 0.4) is 0 Å². The highest BCUT2D eigenvalue weighted by Gasteiger charge is 2.47. The monoisotopic (exact) mass is 1180 g/mol. The Morgan fingerprint density at radius 3 is 1.04 bits per heavy atom. The first kappa shape index (κ1) is 86.5. The number of hydrogen-bond acceptors (Lipinski definition) is 18. The lowest BCUT2D eigenvalue weighted by atomic mass is 9.70. The molecule has 1 aromatic carbocycles. The summed E-state index contributed by atoms with van der Waals surface area (Å²) in [7, 11) is 5.72. The van der Waals surface area contributed by atoms with Gasteiger partial charge in [0.05, 0.1) is 94.0 Å². The summed E-state index contributed by atoms with van der Waals surface area (Å²) >= 11 is 0. The van der Waals surface area contributed by atoms with E-state index < -0.39 is 22.2 Å². The summed E-state index contributed by atoms with van der Waals surface area (Å²) in [5, 5.41) is 8.44. The van der Waals surface area contributed by atoms with Crippen molar-refractivity contribution in [2.45, 2.75) is 215 Å².